The van der Waals surface area contributed by atoms with Crippen molar-refractivity contribution >= 4 is 33.3 Å². The Morgan fingerprint density at radius 2 is 1.76 bits per heavy atom. The summed E-state index contributed by atoms with van der Waals surface area (Å²) in [5, 5.41) is 6.54. The van der Waals surface area contributed by atoms with Crippen molar-refractivity contribution in [2.45, 2.75) is 33.6 Å². The average Bonchev–Trinajstić information content (AvgIpc) is 2.44. The van der Waals surface area contributed by atoms with Crippen LogP contribution in [0.15, 0.2) is 22.7 Å². The molecule has 0 atom stereocenters. The predicted octanol–water partition coefficient (Wildman–Crippen LogP) is 4.76. The van der Waals surface area contributed by atoms with Crippen LogP contribution in [0.3, 0.4) is 0 Å². The van der Waals surface area contributed by atoms with Crippen LogP contribution in [0.1, 0.15) is 36.7 Å². The summed E-state index contributed by atoms with van der Waals surface area (Å²) < 4.78 is 1.10. The largest absolute Gasteiger partial charge is 0.373 e. The second-order valence-corrected chi connectivity index (χ2v) is 6.25. The number of nitrogens with zero attached hydrogens (tertiary/aromatic N) is 2. The molecule has 2 aromatic rings. The van der Waals surface area contributed by atoms with Gasteiger partial charge in [0.15, 0.2) is 0 Å². The minimum atomic E-state index is 0.282. The van der Waals surface area contributed by atoms with Gasteiger partial charge in [-0.15, -0.1) is 0 Å². The molecule has 21 heavy (non-hydrogen) atoms. The molecule has 0 aliphatic rings. The van der Waals surface area contributed by atoms with Gasteiger partial charge >= 0.3 is 0 Å². The molecule has 0 aliphatic heterocycles. The zero-order valence-electron chi connectivity index (χ0n) is 13.1. The van der Waals surface area contributed by atoms with Gasteiger partial charge in [-0.25, -0.2) is 9.97 Å². The summed E-state index contributed by atoms with van der Waals surface area (Å²) in [6.45, 7) is 8.28. The maximum Gasteiger partial charge on any atom is 0.139 e. The Morgan fingerprint density at radius 3 is 2.33 bits per heavy atom. The van der Waals surface area contributed by atoms with E-state index in [0.29, 0.717) is 0 Å². The molecule has 2 rings (SSSR count). The molecule has 1 heterocycles. The van der Waals surface area contributed by atoms with Gasteiger partial charge in [0.1, 0.15) is 17.5 Å². The van der Waals surface area contributed by atoms with Gasteiger partial charge in [-0.2, -0.15) is 0 Å². The third-order valence-electron chi connectivity index (χ3n) is 3.34. The number of halogens is 1. The Kier molecular flexibility index (Phi) is 4.83. The first-order chi connectivity index (χ1) is 9.92. The fraction of sp³-hybridized carbons (Fsp3) is 0.375. The number of aryl methyl sites for hydroxylation is 1. The van der Waals surface area contributed by atoms with Crippen molar-refractivity contribution in [3.8, 4) is 0 Å². The summed E-state index contributed by atoms with van der Waals surface area (Å²) in [4.78, 5) is 9.21. The van der Waals surface area contributed by atoms with E-state index in [2.05, 4.69) is 63.4 Å². The van der Waals surface area contributed by atoms with Gasteiger partial charge in [0.05, 0.1) is 0 Å². The van der Waals surface area contributed by atoms with Crippen LogP contribution in [-0.4, -0.2) is 17.0 Å². The molecule has 0 radical (unpaired) electrons. The second kappa shape index (κ2) is 6.43. The fourth-order valence-corrected chi connectivity index (χ4v) is 2.26. The van der Waals surface area contributed by atoms with E-state index in [4.69, 9.17) is 0 Å². The highest BCUT2D eigenvalue weighted by Gasteiger charge is 2.12. The van der Waals surface area contributed by atoms with E-state index in [0.717, 1.165) is 33.2 Å². The first kappa shape index (κ1) is 15.8. The molecule has 0 fully saturated rings. The van der Waals surface area contributed by atoms with Crippen LogP contribution in [0.5, 0.6) is 0 Å². The first-order valence-electron chi connectivity index (χ1n) is 7.01. The molecule has 1 aromatic heterocycles. The summed E-state index contributed by atoms with van der Waals surface area (Å²) in [5.41, 5.74) is 3.22. The van der Waals surface area contributed by atoms with Crippen LogP contribution in [0, 0.1) is 13.8 Å². The van der Waals surface area contributed by atoms with E-state index in [1.165, 1.54) is 5.56 Å². The Hall–Kier alpha value is -1.62. The van der Waals surface area contributed by atoms with E-state index >= 15 is 0 Å². The van der Waals surface area contributed by atoms with Crippen molar-refractivity contribution in [2.75, 3.05) is 17.7 Å². The standard InChI is InChI=1S/C16H21BrN4/c1-9(2)14-20-15(18-5)11(4)16(21-14)19-12-6-7-13(17)10(3)8-12/h6-9H,1-5H3,(H2,18,19,20,21). The maximum atomic E-state index is 4.65. The highest BCUT2D eigenvalue weighted by molar-refractivity contribution is 9.10. The molecular formula is C16H21BrN4. The van der Waals surface area contributed by atoms with Crippen molar-refractivity contribution < 1.29 is 0 Å². The number of anilines is 3. The molecule has 0 aliphatic carbocycles. The predicted molar refractivity (Wildman–Crippen MR) is 92.6 cm³/mol. The highest BCUT2D eigenvalue weighted by atomic mass is 79.9. The van der Waals surface area contributed by atoms with Crippen LogP contribution in [0.2, 0.25) is 0 Å². The van der Waals surface area contributed by atoms with Crippen LogP contribution in [0.4, 0.5) is 17.3 Å². The van der Waals surface area contributed by atoms with Crippen LogP contribution >= 0.6 is 15.9 Å². The van der Waals surface area contributed by atoms with E-state index in [9.17, 15) is 0 Å². The Balaban J connectivity index is 2.42. The van der Waals surface area contributed by atoms with Gasteiger partial charge in [-0.05, 0) is 37.6 Å². The minimum absolute atomic E-state index is 0.282. The van der Waals surface area contributed by atoms with E-state index in [-0.39, 0.29) is 5.92 Å². The van der Waals surface area contributed by atoms with E-state index < -0.39 is 0 Å². The Bertz CT molecular complexity index is 653. The molecule has 0 saturated heterocycles. The molecule has 0 spiro atoms. The third kappa shape index (κ3) is 3.53. The summed E-state index contributed by atoms with van der Waals surface area (Å²) in [7, 11) is 1.88. The van der Waals surface area contributed by atoms with Crippen molar-refractivity contribution in [3.05, 3.63) is 39.6 Å². The lowest BCUT2D eigenvalue weighted by Crippen LogP contribution is -2.08. The summed E-state index contributed by atoms with van der Waals surface area (Å²) >= 11 is 3.52. The quantitative estimate of drug-likeness (QED) is 0.835. The summed E-state index contributed by atoms with van der Waals surface area (Å²) in [6.07, 6.45) is 0. The molecule has 4 nitrogen and oxygen atoms in total. The SMILES string of the molecule is CNc1nc(C(C)C)nc(Nc2ccc(Br)c(C)c2)c1C. The van der Waals surface area contributed by atoms with Crippen LogP contribution in [-0.2, 0) is 0 Å². The monoisotopic (exact) mass is 348 g/mol. The molecular weight excluding hydrogens is 328 g/mol. The molecule has 0 unspecified atom stereocenters. The van der Waals surface area contributed by atoms with Gasteiger partial charge < -0.3 is 10.6 Å². The number of rotatable bonds is 4. The number of hydrogen-bond acceptors (Lipinski definition) is 4. The normalized spacial score (nSPS) is 10.8. The van der Waals surface area contributed by atoms with E-state index in [1.54, 1.807) is 0 Å². The summed E-state index contributed by atoms with van der Waals surface area (Å²) in [6, 6.07) is 6.17. The highest BCUT2D eigenvalue weighted by Crippen LogP contribution is 2.27. The Labute approximate surface area is 134 Å². The van der Waals surface area contributed by atoms with E-state index in [1.807, 2.05) is 26.1 Å². The molecule has 1 aromatic carbocycles. The number of benzene rings is 1. The van der Waals surface area contributed by atoms with Gasteiger partial charge in [0.2, 0.25) is 0 Å². The van der Waals surface area contributed by atoms with Gasteiger partial charge in [-0.1, -0.05) is 29.8 Å². The molecule has 112 valence electrons. The first-order valence-corrected chi connectivity index (χ1v) is 7.81. The Morgan fingerprint density at radius 1 is 1.10 bits per heavy atom. The molecule has 5 heteroatoms. The third-order valence-corrected chi connectivity index (χ3v) is 4.23. The van der Waals surface area contributed by atoms with Crippen molar-refractivity contribution in [3.63, 3.8) is 0 Å². The smallest absolute Gasteiger partial charge is 0.139 e. The minimum Gasteiger partial charge on any atom is -0.373 e. The fourth-order valence-electron chi connectivity index (χ4n) is 2.02. The maximum absolute atomic E-state index is 4.65. The van der Waals surface area contributed by atoms with Crippen molar-refractivity contribution in [2.24, 2.45) is 0 Å². The number of aromatic nitrogens is 2. The van der Waals surface area contributed by atoms with Gasteiger partial charge in [0, 0.05) is 28.7 Å². The number of hydrogen-bond donors (Lipinski definition) is 2. The molecule has 0 amide bonds. The lowest BCUT2D eigenvalue weighted by Gasteiger charge is -2.15. The molecule has 2 N–H and O–H groups in total. The lowest BCUT2D eigenvalue weighted by molar-refractivity contribution is 0.775. The average molecular weight is 349 g/mol. The van der Waals surface area contributed by atoms with Crippen molar-refractivity contribution in [1.82, 2.24) is 9.97 Å². The van der Waals surface area contributed by atoms with Crippen LogP contribution < -0.4 is 10.6 Å². The van der Waals surface area contributed by atoms with Gasteiger partial charge in [-0.3, -0.25) is 0 Å². The zero-order valence-corrected chi connectivity index (χ0v) is 14.7. The zero-order chi connectivity index (χ0) is 15.6. The lowest BCUT2D eigenvalue weighted by atomic mass is 10.2. The van der Waals surface area contributed by atoms with Crippen LogP contribution in [0.25, 0.3) is 0 Å². The van der Waals surface area contributed by atoms with Gasteiger partial charge in [0.25, 0.3) is 0 Å². The number of nitrogens with one attached hydrogen (secondary N) is 2. The summed E-state index contributed by atoms with van der Waals surface area (Å²) in [5.74, 6) is 2.83. The second-order valence-electron chi connectivity index (χ2n) is 5.40. The molecule has 0 bridgehead atoms. The molecule has 0 saturated carbocycles. The topological polar surface area (TPSA) is 49.8 Å². The van der Waals surface area contributed by atoms with Crippen molar-refractivity contribution in [1.29, 1.82) is 0 Å².